The summed E-state index contributed by atoms with van der Waals surface area (Å²) in [5.74, 6) is -1.77. The summed E-state index contributed by atoms with van der Waals surface area (Å²) in [7, 11) is -0.899. The Morgan fingerprint density at radius 3 is 2.24 bits per heavy atom. The molecule has 2 aromatic rings. The van der Waals surface area contributed by atoms with Crippen molar-refractivity contribution >= 4 is 28.0 Å². The van der Waals surface area contributed by atoms with Crippen LogP contribution in [-0.2, 0) is 29.0 Å². The molecule has 11 heteroatoms. The molecule has 0 amide bonds. The van der Waals surface area contributed by atoms with Gasteiger partial charge >= 0.3 is 5.97 Å². The zero-order valence-electron chi connectivity index (χ0n) is 26.9. The van der Waals surface area contributed by atoms with Crippen LogP contribution in [0.1, 0.15) is 91.8 Å². The Labute approximate surface area is 251 Å². The molecular weight excluding hydrogens is 561 g/mol. The standard InChI is InChI=1S/C26H34FN3O6S.C3H8.C2H6/c1-16(2)23-21(13-12-19-14-20(15-22(31)34-6)36-26(3,4)35-19)24(17-8-10-18(27)11-9-17)29-25(28-23)30(5)37(7,32)33;1-3-2;1-2/h8-13,16,19-20H,14-15H2,1-7H3;3H2,1-2H3;1-2H3/b13-12+;;/t19-,20-;;/m1../s1. The van der Waals surface area contributed by atoms with Crippen molar-refractivity contribution in [1.29, 1.82) is 0 Å². The summed E-state index contributed by atoms with van der Waals surface area (Å²) in [5, 5.41) is 0. The largest absolute Gasteiger partial charge is 0.469 e. The van der Waals surface area contributed by atoms with Crippen molar-refractivity contribution in [2.75, 3.05) is 24.7 Å². The fourth-order valence-electron chi connectivity index (χ4n) is 4.06. The van der Waals surface area contributed by atoms with Crippen LogP contribution < -0.4 is 4.31 Å². The molecule has 0 unspecified atom stereocenters. The van der Waals surface area contributed by atoms with Gasteiger partial charge in [0.2, 0.25) is 16.0 Å². The molecule has 1 aliphatic rings. The fourth-order valence-corrected chi connectivity index (χ4v) is 4.44. The molecule has 236 valence electrons. The van der Waals surface area contributed by atoms with E-state index in [1.807, 2.05) is 39.8 Å². The quantitative estimate of drug-likeness (QED) is 0.303. The maximum absolute atomic E-state index is 13.7. The first-order valence-electron chi connectivity index (χ1n) is 14.3. The molecule has 0 N–H and O–H groups in total. The van der Waals surface area contributed by atoms with E-state index in [0.717, 1.165) is 10.6 Å². The SMILES string of the molecule is CC.CCC.COC(=O)C[C@H]1C[C@@H](/C=C/c2c(-c3ccc(F)cc3)nc(N(C)S(C)(=O)=O)nc2C(C)C)OC(C)(C)O1. The molecule has 1 saturated heterocycles. The minimum atomic E-state index is -3.62. The van der Waals surface area contributed by atoms with E-state index in [2.05, 4.69) is 23.8 Å². The summed E-state index contributed by atoms with van der Waals surface area (Å²) in [5.41, 5.74) is 2.33. The molecule has 1 aromatic carbocycles. The molecule has 0 bridgehead atoms. The van der Waals surface area contributed by atoms with E-state index in [0.29, 0.717) is 28.9 Å². The monoisotopic (exact) mass is 609 g/mol. The summed E-state index contributed by atoms with van der Waals surface area (Å²) in [6.07, 6.45) is 5.75. The first-order valence-corrected chi connectivity index (χ1v) is 16.2. The average Bonchev–Trinajstić information content (AvgIpc) is 2.91. The number of esters is 1. The van der Waals surface area contributed by atoms with Crippen LogP contribution in [0.25, 0.3) is 17.3 Å². The molecule has 42 heavy (non-hydrogen) atoms. The van der Waals surface area contributed by atoms with Crippen LogP contribution in [0.3, 0.4) is 0 Å². The van der Waals surface area contributed by atoms with E-state index in [9.17, 15) is 17.6 Å². The van der Waals surface area contributed by atoms with Crippen molar-refractivity contribution in [2.45, 2.75) is 98.6 Å². The van der Waals surface area contributed by atoms with Gasteiger partial charge in [0.25, 0.3) is 0 Å². The zero-order valence-corrected chi connectivity index (χ0v) is 27.7. The second-order valence-corrected chi connectivity index (χ2v) is 12.5. The number of nitrogens with zero attached hydrogens (tertiary/aromatic N) is 3. The lowest BCUT2D eigenvalue weighted by Crippen LogP contribution is -2.44. The Bertz CT molecular complexity index is 1280. The Morgan fingerprint density at radius 2 is 1.74 bits per heavy atom. The van der Waals surface area contributed by atoms with Crippen molar-refractivity contribution in [3.63, 3.8) is 0 Å². The van der Waals surface area contributed by atoms with Crippen LogP contribution >= 0.6 is 0 Å². The van der Waals surface area contributed by atoms with E-state index >= 15 is 0 Å². The van der Waals surface area contributed by atoms with Crippen LogP contribution in [0.4, 0.5) is 10.3 Å². The number of halogens is 1. The van der Waals surface area contributed by atoms with E-state index in [1.165, 1.54) is 32.7 Å². The maximum Gasteiger partial charge on any atom is 0.308 e. The average molecular weight is 610 g/mol. The number of hydrogen-bond donors (Lipinski definition) is 0. The number of ether oxygens (including phenoxy) is 3. The number of carbonyl (C=O) groups excluding carboxylic acids is 1. The van der Waals surface area contributed by atoms with Crippen molar-refractivity contribution in [3.8, 4) is 11.3 Å². The molecule has 0 spiro atoms. The van der Waals surface area contributed by atoms with Gasteiger partial charge in [-0.15, -0.1) is 0 Å². The Kier molecular flexibility index (Phi) is 14.7. The maximum atomic E-state index is 13.7. The highest BCUT2D eigenvalue weighted by Gasteiger charge is 2.35. The van der Waals surface area contributed by atoms with E-state index in [4.69, 9.17) is 14.2 Å². The molecule has 0 radical (unpaired) electrons. The number of anilines is 1. The van der Waals surface area contributed by atoms with Gasteiger partial charge < -0.3 is 14.2 Å². The van der Waals surface area contributed by atoms with Crippen LogP contribution in [-0.4, -0.2) is 62.8 Å². The summed E-state index contributed by atoms with van der Waals surface area (Å²) < 4.78 is 55.9. The summed E-state index contributed by atoms with van der Waals surface area (Å²) in [6.45, 7) is 15.7. The minimum Gasteiger partial charge on any atom is -0.469 e. The highest BCUT2D eigenvalue weighted by Crippen LogP contribution is 2.34. The zero-order chi connectivity index (χ0) is 32.3. The van der Waals surface area contributed by atoms with Gasteiger partial charge in [-0.3, -0.25) is 4.79 Å². The van der Waals surface area contributed by atoms with Crippen LogP contribution in [0.2, 0.25) is 0 Å². The lowest BCUT2D eigenvalue weighted by atomic mass is 9.97. The van der Waals surface area contributed by atoms with Gasteiger partial charge in [-0.1, -0.05) is 60.1 Å². The predicted octanol–water partition coefficient (Wildman–Crippen LogP) is 6.73. The van der Waals surface area contributed by atoms with Crippen LogP contribution in [0.15, 0.2) is 30.3 Å². The third-order valence-electron chi connectivity index (χ3n) is 5.89. The first kappa shape index (κ1) is 37.1. The van der Waals surface area contributed by atoms with Crippen molar-refractivity contribution in [3.05, 3.63) is 47.4 Å². The number of benzene rings is 1. The minimum absolute atomic E-state index is 0.0178. The van der Waals surface area contributed by atoms with Crippen molar-refractivity contribution in [1.82, 2.24) is 9.97 Å². The highest BCUT2D eigenvalue weighted by atomic mass is 32.2. The third-order valence-corrected chi connectivity index (χ3v) is 7.05. The molecule has 0 aliphatic carbocycles. The first-order chi connectivity index (χ1) is 19.6. The van der Waals surface area contributed by atoms with Crippen LogP contribution in [0.5, 0.6) is 0 Å². The number of carbonyl (C=O) groups is 1. The smallest absolute Gasteiger partial charge is 0.308 e. The molecule has 9 nitrogen and oxygen atoms in total. The van der Waals surface area contributed by atoms with Crippen molar-refractivity contribution < 1.29 is 31.8 Å². The molecule has 1 fully saturated rings. The van der Waals surface area contributed by atoms with E-state index < -0.39 is 33.8 Å². The number of rotatable bonds is 8. The van der Waals surface area contributed by atoms with Gasteiger partial charge in [-0.2, -0.15) is 0 Å². The molecule has 1 aromatic heterocycles. The second-order valence-electron chi connectivity index (χ2n) is 10.4. The fraction of sp³-hybridized carbons (Fsp3) is 0.581. The topological polar surface area (TPSA) is 108 Å². The Hall–Kier alpha value is -2.89. The van der Waals surface area contributed by atoms with Gasteiger partial charge in [0.15, 0.2) is 5.79 Å². The van der Waals surface area contributed by atoms with Gasteiger partial charge in [-0.05, 0) is 44.0 Å². The summed E-state index contributed by atoms with van der Waals surface area (Å²) in [4.78, 5) is 21.0. The molecule has 3 rings (SSSR count). The number of methoxy groups -OCH3 is 1. The van der Waals surface area contributed by atoms with Gasteiger partial charge in [-0.25, -0.2) is 27.1 Å². The number of sulfonamides is 1. The second kappa shape index (κ2) is 16.7. The predicted molar refractivity (Wildman–Crippen MR) is 166 cm³/mol. The Balaban J connectivity index is 0.00000165. The normalized spacial score (nSPS) is 18.0. The van der Waals surface area contributed by atoms with Gasteiger partial charge in [0.1, 0.15) is 5.82 Å². The molecule has 1 aliphatic heterocycles. The summed E-state index contributed by atoms with van der Waals surface area (Å²) >= 11 is 0. The lowest BCUT2D eigenvalue weighted by molar-refractivity contribution is -0.290. The molecule has 2 heterocycles. The summed E-state index contributed by atoms with van der Waals surface area (Å²) in [6, 6.07) is 5.82. The number of hydrogen-bond acceptors (Lipinski definition) is 8. The Morgan fingerprint density at radius 1 is 1.17 bits per heavy atom. The number of aromatic nitrogens is 2. The molecular formula is C31H48FN3O6S. The van der Waals surface area contributed by atoms with E-state index in [1.54, 1.807) is 26.0 Å². The molecule has 2 atom stereocenters. The van der Waals surface area contributed by atoms with Gasteiger partial charge in [0, 0.05) is 24.6 Å². The van der Waals surface area contributed by atoms with Crippen molar-refractivity contribution in [2.24, 2.45) is 0 Å². The highest BCUT2D eigenvalue weighted by molar-refractivity contribution is 7.92. The lowest BCUT2D eigenvalue weighted by Gasteiger charge is -2.39. The van der Waals surface area contributed by atoms with E-state index in [-0.39, 0.29) is 24.3 Å². The third kappa shape index (κ3) is 11.1. The van der Waals surface area contributed by atoms with Crippen LogP contribution in [0, 0.1) is 5.82 Å². The molecule has 0 saturated carbocycles. The van der Waals surface area contributed by atoms with Gasteiger partial charge in [0.05, 0.1) is 43.4 Å².